The van der Waals surface area contributed by atoms with Crippen molar-refractivity contribution in [2.24, 2.45) is 5.14 Å². The van der Waals surface area contributed by atoms with E-state index in [1.165, 1.54) is 6.07 Å². The molecule has 22 heavy (non-hydrogen) atoms. The Morgan fingerprint density at radius 2 is 2.09 bits per heavy atom. The molecule has 0 fully saturated rings. The highest BCUT2D eigenvalue weighted by Gasteiger charge is 2.26. The summed E-state index contributed by atoms with van der Waals surface area (Å²) in [4.78, 5) is 12.2. The molecule has 1 aliphatic carbocycles. The number of nitrogens with two attached hydrogens (primary N) is 1. The second-order valence-corrected chi connectivity index (χ2v) is 7.00. The molecule has 0 bridgehead atoms. The van der Waals surface area contributed by atoms with Crippen LogP contribution in [0, 0.1) is 0 Å². The summed E-state index contributed by atoms with van der Waals surface area (Å²) in [5, 5.41) is 8.00. The minimum Gasteiger partial charge on any atom is -0.438 e. The summed E-state index contributed by atoms with van der Waals surface area (Å²) >= 11 is 5.95. The molecule has 3 N–H and O–H groups in total. The lowest BCUT2D eigenvalue weighted by Gasteiger charge is -2.13. The van der Waals surface area contributed by atoms with Crippen LogP contribution in [-0.4, -0.2) is 14.3 Å². The first kappa shape index (κ1) is 15.1. The molecule has 1 amide bonds. The molecule has 0 spiro atoms. The number of carbonyl (C=O) groups is 1. The number of amides is 1. The van der Waals surface area contributed by atoms with E-state index in [1.807, 2.05) is 12.1 Å². The molecule has 116 valence electrons. The third-order valence-corrected chi connectivity index (χ3v) is 4.59. The van der Waals surface area contributed by atoms with Gasteiger partial charge in [-0.1, -0.05) is 17.7 Å². The molecular weight excluding hydrogens is 328 g/mol. The average Bonchev–Trinajstić information content (AvgIpc) is 3.05. The largest absolute Gasteiger partial charge is 0.438 e. The van der Waals surface area contributed by atoms with Crippen LogP contribution in [0.15, 0.2) is 39.8 Å². The van der Waals surface area contributed by atoms with Gasteiger partial charge in [0.05, 0.1) is 6.04 Å². The number of primary sulfonamides is 1. The van der Waals surface area contributed by atoms with Gasteiger partial charge in [-0.25, -0.2) is 13.6 Å². The minimum absolute atomic E-state index is 0.0913. The summed E-state index contributed by atoms with van der Waals surface area (Å²) < 4.78 is 27.3. The number of aryl methyl sites for hydroxylation is 1. The number of hydrogen-bond donors (Lipinski definition) is 2. The average molecular weight is 341 g/mol. The van der Waals surface area contributed by atoms with Crippen molar-refractivity contribution in [1.29, 1.82) is 0 Å². The van der Waals surface area contributed by atoms with Gasteiger partial charge < -0.3 is 9.73 Å². The third-order valence-electron chi connectivity index (χ3n) is 3.57. The zero-order valence-electron chi connectivity index (χ0n) is 11.4. The van der Waals surface area contributed by atoms with Crippen molar-refractivity contribution >= 4 is 27.5 Å². The van der Waals surface area contributed by atoms with Crippen molar-refractivity contribution in [1.82, 2.24) is 5.32 Å². The van der Waals surface area contributed by atoms with Crippen LogP contribution in [-0.2, 0) is 16.4 Å². The van der Waals surface area contributed by atoms with Crippen LogP contribution in [0.2, 0.25) is 5.02 Å². The number of halogens is 1. The minimum atomic E-state index is -3.96. The predicted molar refractivity (Wildman–Crippen MR) is 80.1 cm³/mol. The van der Waals surface area contributed by atoms with Gasteiger partial charge in [0, 0.05) is 5.02 Å². The Labute approximate surface area is 132 Å². The molecule has 1 atom stereocenters. The SMILES string of the molecule is NS(=O)(=O)c1ccc(C(=O)N[C@H]2CCc3cc(Cl)ccc32)o1. The van der Waals surface area contributed by atoms with Gasteiger partial charge in [0.15, 0.2) is 5.76 Å². The van der Waals surface area contributed by atoms with Gasteiger partial charge >= 0.3 is 0 Å². The monoisotopic (exact) mass is 340 g/mol. The number of rotatable bonds is 3. The Hall–Kier alpha value is -1.83. The van der Waals surface area contributed by atoms with Crippen LogP contribution in [0.25, 0.3) is 0 Å². The van der Waals surface area contributed by atoms with E-state index in [-0.39, 0.29) is 11.8 Å². The Bertz CT molecular complexity index is 844. The Morgan fingerprint density at radius 3 is 2.77 bits per heavy atom. The molecule has 1 aromatic heterocycles. The van der Waals surface area contributed by atoms with Crippen molar-refractivity contribution in [2.75, 3.05) is 0 Å². The number of benzene rings is 1. The van der Waals surface area contributed by atoms with Crippen molar-refractivity contribution < 1.29 is 17.6 Å². The molecule has 0 aliphatic heterocycles. The molecule has 1 aromatic carbocycles. The first-order chi connectivity index (χ1) is 10.3. The van der Waals surface area contributed by atoms with Gasteiger partial charge in [-0.05, 0) is 48.2 Å². The summed E-state index contributed by atoms with van der Waals surface area (Å²) in [7, 11) is -3.96. The maximum atomic E-state index is 12.2. The normalized spacial score (nSPS) is 17.3. The smallest absolute Gasteiger partial charge is 0.287 e. The van der Waals surface area contributed by atoms with Crippen LogP contribution in [0.1, 0.15) is 34.1 Å². The number of hydrogen-bond acceptors (Lipinski definition) is 4. The fourth-order valence-electron chi connectivity index (χ4n) is 2.56. The highest BCUT2D eigenvalue weighted by atomic mass is 35.5. The summed E-state index contributed by atoms with van der Waals surface area (Å²) in [6.45, 7) is 0. The molecule has 0 saturated carbocycles. The van der Waals surface area contributed by atoms with Gasteiger partial charge in [-0.3, -0.25) is 4.79 Å². The van der Waals surface area contributed by atoms with Gasteiger partial charge in [-0.15, -0.1) is 0 Å². The van der Waals surface area contributed by atoms with E-state index in [2.05, 4.69) is 5.32 Å². The van der Waals surface area contributed by atoms with E-state index < -0.39 is 21.0 Å². The molecule has 6 nitrogen and oxygen atoms in total. The zero-order valence-corrected chi connectivity index (χ0v) is 12.9. The second kappa shape index (κ2) is 5.42. The molecule has 0 radical (unpaired) electrons. The Balaban J connectivity index is 1.78. The molecular formula is C14H13ClN2O4S. The zero-order chi connectivity index (χ0) is 15.9. The van der Waals surface area contributed by atoms with Crippen LogP contribution in [0.3, 0.4) is 0 Å². The van der Waals surface area contributed by atoms with Gasteiger partial charge in [0.2, 0.25) is 5.09 Å². The first-order valence-corrected chi connectivity index (χ1v) is 8.49. The predicted octanol–water partition coefficient (Wildman–Crippen LogP) is 2.00. The molecule has 3 rings (SSSR count). The Morgan fingerprint density at radius 1 is 1.32 bits per heavy atom. The fourth-order valence-corrected chi connectivity index (χ4v) is 3.22. The molecule has 8 heteroatoms. The van der Waals surface area contributed by atoms with E-state index >= 15 is 0 Å². The van der Waals surface area contributed by atoms with E-state index in [1.54, 1.807) is 6.07 Å². The summed E-state index contributed by atoms with van der Waals surface area (Å²) in [5.41, 5.74) is 2.11. The number of carbonyl (C=O) groups excluding carboxylic acids is 1. The highest BCUT2D eigenvalue weighted by molar-refractivity contribution is 7.89. The van der Waals surface area contributed by atoms with Crippen LogP contribution < -0.4 is 10.5 Å². The van der Waals surface area contributed by atoms with E-state index in [9.17, 15) is 13.2 Å². The lowest BCUT2D eigenvalue weighted by Crippen LogP contribution is -2.26. The maximum Gasteiger partial charge on any atom is 0.287 e. The summed E-state index contributed by atoms with van der Waals surface area (Å²) in [5.74, 6) is -0.575. The van der Waals surface area contributed by atoms with E-state index in [4.69, 9.17) is 21.2 Å². The standard InChI is InChI=1S/C14H13ClN2O4S/c15-9-2-3-10-8(7-9)1-4-11(10)17-14(18)12-5-6-13(21-12)22(16,19)20/h2-3,5-7,11H,1,4H2,(H,17,18)(H2,16,19,20)/t11-/m0/s1. The van der Waals surface area contributed by atoms with Crippen molar-refractivity contribution in [3.63, 3.8) is 0 Å². The van der Waals surface area contributed by atoms with E-state index in [0.717, 1.165) is 30.0 Å². The summed E-state index contributed by atoms with van der Waals surface area (Å²) in [6.07, 6.45) is 1.57. The van der Waals surface area contributed by atoms with E-state index in [0.29, 0.717) is 5.02 Å². The molecule has 2 aromatic rings. The fraction of sp³-hybridized carbons (Fsp3) is 0.214. The molecule has 1 heterocycles. The summed E-state index contributed by atoms with van der Waals surface area (Å²) in [6, 6.07) is 7.83. The van der Waals surface area contributed by atoms with Crippen molar-refractivity contribution in [3.8, 4) is 0 Å². The van der Waals surface area contributed by atoms with Crippen LogP contribution in [0.4, 0.5) is 0 Å². The number of furan rings is 1. The lowest BCUT2D eigenvalue weighted by atomic mass is 10.1. The maximum absolute atomic E-state index is 12.2. The third kappa shape index (κ3) is 2.87. The lowest BCUT2D eigenvalue weighted by molar-refractivity contribution is 0.0903. The quantitative estimate of drug-likeness (QED) is 0.891. The number of sulfonamides is 1. The molecule has 0 saturated heterocycles. The van der Waals surface area contributed by atoms with Crippen LogP contribution in [0.5, 0.6) is 0 Å². The first-order valence-electron chi connectivity index (χ1n) is 6.56. The Kier molecular flexibility index (Phi) is 3.72. The highest BCUT2D eigenvalue weighted by Crippen LogP contribution is 2.33. The van der Waals surface area contributed by atoms with Crippen LogP contribution >= 0.6 is 11.6 Å². The van der Waals surface area contributed by atoms with Gasteiger partial charge in [0.25, 0.3) is 15.9 Å². The van der Waals surface area contributed by atoms with Crippen molar-refractivity contribution in [2.45, 2.75) is 24.0 Å². The van der Waals surface area contributed by atoms with Gasteiger partial charge in [0.1, 0.15) is 0 Å². The topological polar surface area (TPSA) is 102 Å². The van der Waals surface area contributed by atoms with Gasteiger partial charge in [-0.2, -0.15) is 0 Å². The number of fused-ring (bicyclic) bond motifs is 1. The molecule has 0 unspecified atom stereocenters. The molecule has 1 aliphatic rings. The number of nitrogens with one attached hydrogen (secondary N) is 1. The van der Waals surface area contributed by atoms with Crippen molar-refractivity contribution in [3.05, 3.63) is 52.2 Å². The second-order valence-electron chi connectivity index (χ2n) is 5.07.